The van der Waals surface area contributed by atoms with Crippen LogP contribution in [0.3, 0.4) is 0 Å². The molecule has 0 radical (unpaired) electrons. The van der Waals surface area contributed by atoms with Crippen molar-refractivity contribution < 1.29 is 32.5 Å². The minimum Gasteiger partial charge on any atom is -0.542 e. The molecule has 0 saturated heterocycles. The van der Waals surface area contributed by atoms with Gasteiger partial charge < -0.3 is 24.2 Å². The summed E-state index contributed by atoms with van der Waals surface area (Å²) >= 11 is 0. The highest BCUT2D eigenvalue weighted by atomic mass is 19.4. The molecule has 3 aromatic heterocycles. The van der Waals surface area contributed by atoms with E-state index in [9.17, 15) is 18.0 Å². The van der Waals surface area contributed by atoms with Crippen molar-refractivity contribution in [3.63, 3.8) is 0 Å². The average molecular weight is 393 g/mol. The van der Waals surface area contributed by atoms with Crippen LogP contribution >= 0.6 is 0 Å². The molecule has 0 aliphatic rings. The minimum absolute atomic E-state index is 0.00723. The molecule has 0 bridgehead atoms. The Hall–Kier alpha value is -3.56. The number of pyridine rings is 1. The molecule has 1 aromatic carbocycles. The van der Waals surface area contributed by atoms with Gasteiger partial charge in [0.2, 0.25) is 0 Å². The van der Waals surface area contributed by atoms with E-state index in [0.717, 1.165) is 21.9 Å². The number of furan rings is 1. The van der Waals surface area contributed by atoms with Gasteiger partial charge in [0.1, 0.15) is 5.97 Å². The number of anilines is 1. The highest BCUT2D eigenvalue weighted by Gasteiger charge is 2.28. The quantitative estimate of drug-likeness (QED) is 0.568. The molecule has 0 amide bonds. The molecule has 0 fully saturated rings. The summed E-state index contributed by atoms with van der Waals surface area (Å²) in [4.78, 5) is 24.4. The maximum Gasteiger partial charge on any atom is 0.430 e. The van der Waals surface area contributed by atoms with Crippen LogP contribution in [0.4, 0.5) is 18.9 Å². The summed E-state index contributed by atoms with van der Waals surface area (Å²) in [6.07, 6.45) is 1.97. The average Bonchev–Trinajstić information content (AvgIpc) is 3.29. The third kappa shape index (κ3) is 3.75. The first kappa shape index (κ1) is 19.2. The molecule has 2 N–H and O–H groups in total. The van der Waals surface area contributed by atoms with Crippen LogP contribution in [0, 0.1) is 0 Å². The number of H-pyrrole nitrogens is 1. The monoisotopic (exact) mass is 393 g/mol. The standard InChI is InChI=1S/C16H13N3O2.C2HF3O2/c1-19-4-2-11-8-18-15-14(11)13(19)6-12(16(15)20)17-7-10-3-5-21-9-10;3-2(4,5)1(6)7/h2-6,8-9,17H,7H2,1H3;(H,6,7). The maximum absolute atomic E-state index is 12.5. The van der Waals surface area contributed by atoms with E-state index >= 15 is 0 Å². The fraction of sp³-hybridized carbons (Fsp3) is 0.167. The van der Waals surface area contributed by atoms with Gasteiger partial charge in [0, 0.05) is 25.4 Å². The number of carbonyl (C=O) groups is 1. The summed E-state index contributed by atoms with van der Waals surface area (Å²) in [5.74, 6) is -3.01. The predicted molar refractivity (Wildman–Crippen MR) is 91.5 cm³/mol. The number of aryl methyl sites for hydroxylation is 1. The molecular formula is C18H14F3N3O4. The summed E-state index contributed by atoms with van der Waals surface area (Å²) in [5, 5.41) is 14.0. The number of aromatic nitrogens is 2. The van der Waals surface area contributed by atoms with Crippen molar-refractivity contribution in [3.05, 3.63) is 58.9 Å². The summed E-state index contributed by atoms with van der Waals surface area (Å²) in [6, 6.07) is 5.79. The van der Waals surface area contributed by atoms with Crippen LogP contribution in [-0.4, -0.2) is 16.7 Å². The lowest BCUT2D eigenvalue weighted by Gasteiger charge is -2.07. The number of aromatic amines is 1. The van der Waals surface area contributed by atoms with Crippen molar-refractivity contribution in [2.24, 2.45) is 7.05 Å². The normalized spacial score (nSPS) is 11.4. The Morgan fingerprint density at radius 1 is 1.36 bits per heavy atom. The van der Waals surface area contributed by atoms with E-state index in [1.807, 2.05) is 42.2 Å². The Morgan fingerprint density at radius 3 is 2.68 bits per heavy atom. The van der Waals surface area contributed by atoms with Crippen molar-refractivity contribution >= 4 is 33.5 Å². The topological polar surface area (TPSA) is 101 Å². The first-order valence-electron chi connectivity index (χ1n) is 7.97. The number of rotatable bonds is 3. The number of halogens is 3. The van der Waals surface area contributed by atoms with E-state index in [0.29, 0.717) is 17.7 Å². The van der Waals surface area contributed by atoms with Gasteiger partial charge in [-0.1, -0.05) is 0 Å². The fourth-order valence-corrected chi connectivity index (χ4v) is 2.71. The molecule has 146 valence electrons. The highest BCUT2D eigenvalue weighted by molar-refractivity contribution is 6.07. The summed E-state index contributed by atoms with van der Waals surface area (Å²) < 4.78 is 38.6. The Kier molecular flexibility index (Phi) is 4.95. The van der Waals surface area contributed by atoms with E-state index in [1.54, 1.807) is 12.5 Å². The van der Waals surface area contributed by atoms with Gasteiger partial charge in [-0.15, -0.1) is 0 Å². The number of hydrogen-bond acceptors (Lipinski definition) is 5. The van der Waals surface area contributed by atoms with Gasteiger partial charge in [0.05, 0.1) is 34.5 Å². The first-order valence-corrected chi connectivity index (χ1v) is 7.97. The van der Waals surface area contributed by atoms with Crippen LogP contribution in [0.5, 0.6) is 0 Å². The Bertz CT molecular complexity index is 1170. The second-order valence-corrected chi connectivity index (χ2v) is 5.96. The SMILES string of the molecule is Cn1ccc2c[nH+]c3c(=O)c(NCc4ccoc4)cc1c23.O=C([O-])C(F)(F)F. The van der Waals surface area contributed by atoms with Gasteiger partial charge in [0.25, 0.3) is 10.9 Å². The zero-order valence-corrected chi connectivity index (χ0v) is 14.5. The molecule has 4 aromatic rings. The largest absolute Gasteiger partial charge is 0.542 e. The molecule has 0 aliphatic carbocycles. The van der Waals surface area contributed by atoms with Crippen LogP contribution in [-0.2, 0) is 18.4 Å². The molecule has 0 unspecified atom stereocenters. The molecule has 28 heavy (non-hydrogen) atoms. The van der Waals surface area contributed by atoms with Gasteiger partial charge in [-0.05, 0) is 18.2 Å². The summed E-state index contributed by atoms with van der Waals surface area (Å²) in [5.41, 5.74) is 3.26. The second-order valence-electron chi connectivity index (χ2n) is 5.96. The van der Waals surface area contributed by atoms with E-state index in [1.165, 1.54) is 0 Å². The number of benzene rings is 1. The maximum atomic E-state index is 12.5. The molecule has 3 heterocycles. The second kappa shape index (κ2) is 7.22. The third-order valence-corrected chi connectivity index (χ3v) is 4.07. The number of nitrogens with one attached hydrogen (secondary N) is 2. The van der Waals surface area contributed by atoms with Crippen LogP contribution < -0.4 is 20.8 Å². The lowest BCUT2D eigenvalue weighted by atomic mass is 10.1. The lowest BCUT2D eigenvalue weighted by Crippen LogP contribution is -2.37. The highest BCUT2D eigenvalue weighted by Crippen LogP contribution is 2.24. The molecule has 7 nitrogen and oxygen atoms in total. The fourth-order valence-electron chi connectivity index (χ4n) is 2.71. The number of carbonyl (C=O) groups excluding carboxylic acids is 1. The van der Waals surface area contributed by atoms with Gasteiger partial charge in [-0.25, -0.2) is 4.98 Å². The molecule has 4 rings (SSSR count). The van der Waals surface area contributed by atoms with Crippen LogP contribution in [0.2, 0.25) is 0 Å². The lowest BCUT2D eigenvalue weighted by molar-refractivity contribution is -0.344. The number of alkyl halides is 3. The summed E-state index contributed by atoms with van der Waals surface area (Å²) in [7, 11) is 1.98. The molecule has 0 saturated carbocycles. The van der Waals surface area contributed by atoms with Crippen LogP contribution in [0.15, 0.2) is 52.3 Å². The zero-order valence-electron chi connectivity index (χ0n) is 14.5. The Balaban J connectivity index is 0.000000279. The van der Waals surface area contributed by atoms with Crippen molar-refractivity contribution in [2.45, 2.75) is 12.7 Å². The smallest absolute Gasteiger partial charge is 0.430 e. The van der Waals surface area contributed by atoms with Gasteiger partial charge in [0.15, 0.2) is 6.20 Å². The number of hydrogen-bond donors (Lipinski definition) is 1. The third-order valence-electron chi connectivity index (χ3n) is 4.07. The van der Waals surface area contributed by atoms with Crippen molar-refractivity contribution in [1.82, 2.24) is 4.57 Å². The molecular weight excluding hydrogens is 379 g/mol. The van der Waals surface area contributed by atoms with Crippen molar-refractivity contribution in [2.75, 3.05) is 5.32 Å². The van der Waals surface area contributed by atoms with Crippen molar-refractivity contribution in [3.8, 4) is 0 Å². The van der Waals surface area contributed by atoms with E-state index in [4.69, 9.17) is 14.3 Å². The van der Waals surface area contributed by atoms with E-state index in [-0.39, 0.29) is 5.43 Å². The van der Waals surface area contributed by atoms with Gasteiger partial charge >= 0.3 is 6.18 Å². The van der Waals surface area contributed by atoms with E-state index < -0.39 is 12.1 Å². The molecule has 0 aliphatic heterocycles. The molecule has 10 heteroatoms. The Morgan fingerprint density at radius 2 is 2.07 bits per heavy atom. The Labute approximate surface area is 155 Å². The number of carboxylic acid groups (broad SMARTS) is 1. The van der Waals surface area contributed by atoms with Crippen LogP contribution in [0.25, 0.3) is 21.8 Å². The molecule has 0 atom stereocenters. The number of aliphatic carboxylic acids is 1. The number of nitrogens with zero attached hydrogens (tertiary/aromatic N) is 1. The first-order chi connectivity index (χ1) is 13.2. The predicted octanol–water partition coefficient (Wildman–Crippen LogP) is 1.45. The number of carboxylic acids is 1. The summed E-state index contributed by atoms with van der Waals surface area (Å²) in [6.45, 7) is 0.559. The minimum atomic E-state index is -5.19. The van der Waals surface area contributed by atoms with Gasteiger partial charge in [-0.2, -0.15) is 13.2 Å². The molecule has 0 spiro atoms. The van der Waals surface area contributed by atoms with E-state index in [2.05, 4.69) is 10.3 Å². The van der Waals surface area contributed by atoms with Crippen LogP contribution in [0.1, 0.15) is 5.56 Å². The zero-order chi connectivity index (χ0) is 20.5. The van der Waals surface area contributed by atoms with Gasteiger partial charge in [-0.3, -0.25) is 4.79 Å². The van der Waals surface area contributed by atoms with Crippen molar-refractivity contribution in [1.29, 1.82) is 0 Å².